The summed E-state index contributed by atoms with van der Waals surface area (Å²) in [5.41, 5.74) is 0.441. The highest BCUT2D eigenvalue weighted by Gasteiger charge is 2.17. The maximum atomic E-state index is 12.1. The zero-order valence-electron chi connectivity index (χ0n) is 10.8. The van der Waals surface area contributed by atoms with Crippen molar-refractivity contribution in [3.05, 3.63) is 23.9 Å². The lowest BCUT2D eigenvalue weighted by atomic mass is 10.2. The number of carbonyl (C=O) groups excluding carboxylic acids is 1. The van der Waals surface area contributed by atoms with Crippen LogP contribution in [0.2, 0.25) is 0 Å². The molecule has 0 unspecified atom stereocenters. The fraction of sp³-hybridized carbons (Fsp3) is 0.417. The maximum absolute atomic E-state index is 12.1. The van der Waals surface area contributed by atoms with Gasteiger partial charge in [0.25, 0.3) is 5.91 Å². The smallest absolute Gasteiger partial charge is 0.323 e. The molecule has 0 aliphatic carbocycles. The molecule has 6 nitrogen and oxygen atoms in total. The fourth-order valence-electron chi connectivity index (χ4n) is 1.47. The molecule has 0 atom stereocenters. The molecule has 0 spiro atoms. The summed E-state index contributed by atoms with van der Waals surface area (Å²) in [5, 5.41) is 8.74. The lowest BCUT2D eigenvalue weighted by Crippen LogP contribution is -2.35. The summed E-state index contributed by atoms with van der Waals surface area (Å²) in [6.07, 6.45) is 1.54. The molecule has 0 saturated heterocycles. The highest BCUT2D eigenvalue weighted by molar-refractivity contribution is 5.96. The van der Waals surface area contributed by atoms with Crippen LogP contribution < -0.4 is 4.90 Å². The Balaban J connectivity index is 2.94. The van der Waals surface area contributed by atoms with E-state index in [2.05, 4.69) is 4.98 Å². The number of amides is 1. The molecule has 0 aliphatic heterocycles. The van der Waals surface area contributed by atoms with Crippen molar-refractivity contribution in [2.45, 2.75) is 6.92 Å². The number of hydrogen-bond acceptors (Lipinski definition) is 4. The van der Waals surface area contributed by atoms with Crippen molar-refractivity contribution in [3.8, 4) is 0 Å². The van der Waals surface area contributed by atoms with Gasteiger partial charge in [0.15, 0.2) is 0 Å². The van der Waals surface area contributed by atoms with Crippen molar-refractivity contribution in [1.29, 1.82) is 0 Å². The number of pyridine rings is 1. The van der Waals surface area contributed by atoms with Gasteiger partial charge in [-0.25, -0.2) is 4.98 Å². The Hall–Kier alpha value is -2.11. The first kappa shape index (κ1) is 14.0. The van der Waals surface area contributed by atoms with Crippen molar-refractivity contribution in [3.63, 3.8) is 0 Å². The van der Waals surface area contributed by atoms with E-state index in [1.165, 1.54) is 11.1 Å². The van der Waals surface area contributed by atoms with Crippen LogP contribution in [0.5, 0.6) is 0 Å². The van der Waals surface area contributed by atoms with E-state index in [0.29, 0.717) is 17.9 Å². The molecule has 0 radical (unpaired) electrons. The molecule has 0 saturated carbocycles. The fourth-order valence-corrected chi connectivity index (χ4v) is 1.47. The van der Waals surface area contributed by atoms with E-state index in [9.17, 15) is 9.59 Å². The zero-order chi connectivity index (χ0) is 13.7. The minimum Gasteiger partial charge on any atom is -0.480 e. The molecule has 6 heteroatoms. The summed E-state index contributed by atoms with van der Waals surface area (Å²) >= 11 is 0. The van der Waals surface area contributed by atoms with Gasteiger partial charge in [0.2, 0.25) is 0 Å². The lowest BCUT2D eigenvalue weighted by molar-refractivity contribution is -0.137. The first-order valence-corrected chi connectivity index (χ1v) is 5.60. The molecular formula is C12H17N3O3. The molecule has 1 aromatic heterocycles. The quantitative estimate of drug-likeness (QED) is 0.833. The molecule has 1 rings (SSSR count). The van der Waals surface area contributed by atoms with Gasteiger partial charge in [0.1, 0.15) is 12.4 Å². The van der Waals surface area contributed by atoms with Gasteiger partial charge in [-0.15, -0.1) is 0 Å². The lowest BCUT2D eigenvalue weighted by Gasteiger charge is -2.19. The van der Waals surface area contributed by atoms with Crippen LogP contribution in [-0.2, 0) is 4.79 Å². The number of likely N-dealkylation sites (N-methyl/N-ethyl adjacent to an activating group) is 1. The summed E-state index contributed by atoms with van der Waals surface area (Å²) in [7, 11) is 3.65. The molecule has 18 heavy (non-hydrogen) atoms. The monoisotopic (exact) mass is 251 g/mol. The summed E-state index contributed by atoms with van der Waals surface area (Å²) in [6.45, 7) is 1.80. The summed E-state index contributed by atoms with van der Waals surface area (Å²) in [6, 6.07) is 3.23. The number of anilines is 1. The molecule has 1 amide bonds. The Morgan fingerprint density at radius 2 is 2.06 bits per heavy atom. The van der Waals surface area contributed by atoms with Gasteiger partial charge in [0, 0.05) is 32.4 Å². The van der Waals surface area contributed by atoms with Gasteiger partial charge in [-0.1, -0.05) is 0 Å². The maximum Gasteiger partial charge on any atom is 0.323 e. The molecule has 1 heterocycles. The predicted octanol–water partition coefficient (Wildman–Crippen LogP) is 0.694. The first-order valence-electron chi connectivity index (χ1n) is 5.60. The van der Waals surface area contributed by atoms with E-state index in [4.69, 9.17) is 5.11 Å². The van der Waals surface area contributed by atoms with Gasteiger partial charge >= 0.3 is 5.97 Å². The van der Waals surface area contributed by atoms with Crippen LogP contribution >= 0.6 is 0 Å². The third-order valence-corrected chi connectivity index (χ3v) is 2.45. The molecule has 0 fully saturated rings. The number of hydrogen-bond donors (Lipinski definition) is 1. The van der Waals surface area contributed by atoms with Crippen molar-refractivity contribution in [1.82, 2.24) is 9.88 Å². The van der Waals surface area contributed by atoms with Gasteiger partial charge in [-0.3, -0.25) is 9.59 Å². The molecule has 1 aromatic rings. The van der Waals surface area contributed by atoms with Crippen LogP contribution in [0.3, 0.4) is 0 Å². The number of carboxylic acids is 1. The van der Waals surface area contributed by atoms with E-state index in [1.54, 1.807) is 24.0 Å². The zero-order valence-corrected chi connectivity index (χ0v) is 10.8. The van der Waals surface area contributed by atoms with Crippen molar-refractivity contribution in [2.24, 2.45) is 0 Å². The van der Waals surface area contributed by atoms with E-state index >= 15 is 0 Å². The summed E-state index contributed by atoms with van der Waals surface area (Å²) in [4.78, 5) is 29.9. The highest BCUT2D eigenvalue weighted by Crippen LogP contribution is 2.11. The van der Waals surface area contributed by atoms with Crippen LogP contribution in [0.15, 0.2) is 18.3 Å². The topological polar surface area (TPSA) is 73.7 Å². The van der Waals surface area contributed by atoms with Gasteiger partial charge in [0.05, 0.1) is 0 Å². The van der Waals surface area contributed by atoms with Gasteiger partial charge in [-0.05, 0) is 19.1 Å². The van der Waals surface area contributed by atoms with Crippen molar-refractivity contribution >= 4 is 17.7 Å². The predicted molar refractivity (Wildman–Crippen MR) is 67.8 cm³/mol. The van der Waals surface area contributed by atoms with Crippen LogP contribution in [-0.4, -0.2) is 54.1 Å². The third kappa shape index (κ3) is 3.44. The van der Waals surface area contributed by atoms with Crippen molar-refractivity contribution in [2.75, 3.05) is 32.1 Å². The molecular weight excluding hydrogens is 234 g/mol. The summed E-state index contributed by atoms with van der Waals surface area (Å²) in [5.74, 6) is -0.662. The second-order valence-electron chi connectivity index (χ2n) is 4.01. The van der Waals surface area contributed by atoms with Gasteiger partial charge in [-0.2, -0.15) is 0 Å². The van der Waals surface area contributed by atoms with E-state index < -0.39 is 5.97 Å². The van der Waals surface area contributed by atoms with Crippen molar-refractivity contribution < 1.29 is 14.7 Å². The Morgan fingerprint density at radius 3 is 2.56 bits per heavy atom. The Bertz CT molecular complexity index is 446. The van der Waals surface area contributed by atoms with Gasteiger partial charge < -0.3 is 14.9 Å². The standard InChI is InChI=1S/C12H17N3O3/c1-4-15(8-11(16)17)12(18)9-5-6-13-10(7-9)14(2)3/h5-7H,4,8H2,1-3H3,(H,16,17). The van der Waals surface area contributed by atoms with Crippen LogP contribution in [0.1, 0.15) is 17.3 Å². The minimum atomic E-state index is -1.02. The van der Waals surface area contributed by atoms with Crippen LogP contribution in [0.4, 0.5) is 5.82 Å². The van der Waals surface area contributed by atoms with Crippen LogP contribution in [0.25, 0.3) is 0 Å². The number of nitrogens with zero attached hydrogens (tertiary/aromatic N) is 3. The largest absolute Gasteiger partial charge is 0.480 e. The Labute approximate surface area is 106 Å². The molecule has 0 aliphatic rings. The Morgan fingerprint density at radius 1 is 1.39 bits per heavy atom. The number of carboxylic acid groups (broad SMARTS) is 1. The minimum absolute atomic E-state index is 0.297. The van der Waals surface area contributed by atoms with Crippen LogP contribution in [0, 0.1) is 0 Å². The normalized spacial score (nSPS) is 9.94. The summed E-state index contributed by atoms with van der Waals surface area (Å²) < 4.78 is 0. The van der Waals surface area contributed by atoms with E-state index in [0.717, 1.165) is 0 Å². The molecule has 1 N–H and O–H groups in total. The highest BCUT2D eigenvalue weighted by atomic mass is 16.4. The average Bonchev–Trinajstić information content (AvgIpc) is 2.35. The third-order valence-electron chi connectivity index (χ3n) is 2.45. The molecule has 0 bridgehead atoms. The molecule has 98 valence electrons. The number of aromatic nitrogens is 1. The second-order valence-corrected chi connectivity index (χ2v) is 4.01. The first-order chi connectivity index (χ1) is 8.45. The SMILES string of the molecule is CCN(CC(=O)O)C(=O)c1ccnc(N(C)C)c1. The second kappa shape index (κ2) is 6.00. The average molecular weight is 251 g/mol. The van der Waals surface area contributed by atoms with E-state index in [1.807, 2.05) is 14.1 Å². The van der Waals surface area contributed by atoms with E-state index in [-0.39, 0.29) is 12.5 Å². The number of carbonyl (C=O) groups is 2. The Kier molecular flexibility index (Phi) is 4.65. The number of aliphatic carboxylic acids is 1. The number of rotatable bonds is 5. The molecule has 0 aromatic carbocycles.